The van der Waals surface area contributed by atoms with Gasteiger partial charge in [0.1, 0.15) is 24.7 Å². The monoisotopic (exact) mass is 330 g/mol. The summed E-state index contributed by atoms with van der Waals surface area (Å²) in [4.78, 5) is 0. The number of aliphatic hydroxyl groups excluding tert-OH is 2. The normalized spacial score (nSPS) is 12.0. The van der Waals surface area contributed by atoms with Crippen molar-refractivity contribution in [2.24, 2.45) is 0 Å². The van der Waals surface area contributed by atoms with Gasteiger partial charge in [0.15, 0.2) is 0 Å². The van der Waals surface area contributed by atoms with Crippen molar-refractivity contribution in [2.75, 3.05) is 13.2 Å². The summed E-state index contributed by atoms with van der Waals surface area (Å²) in [6, 6.07) is 13.5. The largest absolute Gasteiger partial charge is 0.490 e. The van der Waals surface area contributed by atoms with E-state index >= 15 is 0 Å². The zero-order valence-electron chi connectivity index (χ0n) is 14.4. The van der Waals surface area contributed by atoms with Crippen LogP contribution >= 0.6 is 0 Å². The Kier molecular flexibility index (Phi) is 7.09. The molecule has 4 nitrogen and oxygen atoms in total. The van der Waals surface area contributed by atoms with Crippen LogP contribution in [0.4, 0.5) is 0 Å². The van der Waals surface area contributed by atoms with Crippen molar-refractivity contribution in [2.45, 2.75) is 39.4 Å². The van der Waals surface area contributed by atoms with E-state index in [1.165, 1.54) is 5.56 Å². The summed E-state index contributed by atoms with van der Waals surface area (Å²) in [5.41, 5.74) is 2.64. The molecule has 0 saturated carbocycles. The van der Waals surface area contributed by atoms with Crippen LogP contribution in [-0.4, -0.2) is 23.4 Å². The van der Waals surface area contributed by atoms with Crippen LogP contribution in [0.2, 0.25) is 0 Å². The molecule has 2 N–H and O–H groups in total. The topological polar surface area (TPSA) is 58.9 Å². The Hall–Kier alpha value is -2.04. The summed E-state index contributed by atoms with van der Waals surface area (Å²) in [5.74, 6) is 1.90. The highest BCUT2D eigenvalue weighted by molar-refractivity contribution is 5.40. The van der Waals surface area contributed by atoms with Gasteiger partial charge in [0, 0.05) is 11.1 Å². The van der Waals surface area contributed by atoms with Crippen LogP contribution in [0.3, 0.4) is 0 Å². The van der Waals surface area contributed by atoms with Crippen LogP contribution in [0.15, 0.2) is 42.5 Å². The minimum atomic E-state index is -0.124. The second kappa shape index (κ2) is 9.30. The number of rotatable bonds is 9. The Morgan fingerprint density at radius 3 is 2.00 bits per heavy atom. The molecule has 2 aromatic carbocycles. The number of hydrogen-bond donors (Lipinski definition) is 2. The highest BCUT2D eigenvalue weighted by atomic mass is 16.5. The first-order chi connectivity index (χ1) is 11.7. The summed E-state index contributed by atoms with van der Waals surface area (Å²) in [6.45, 7) is 4.88. The van der Waals surface area contributed by atoms with Crippen molar-refractivity contribution >= 4 is 0 Å². The third-order valence-corrected chi connectivity index (χ3v) is 4.18. The maximum Gasteiger partial charge on any atom is 0.130 e. The predicted molar refractivity (Wildman–Crippen MR) is 94.4 cm³/mol. The van der Waals surface area contributed by atoms with Gasteiger partial charge < -0.3 is 19.7 Å². The molecule has 1 atom stereocenters. The quantitative estimate of drug-likeness (QED) is 0.689. The van der Waals surface area contributed by atoms with E-state index in [1.807, 2.05) is 12.1 Å². The maximum atomic E-state index is 9.37. The first-order valence-electron chi connectivity index (χ1n) is 8.37. The molecule has 2 rings (SSSR count). The molecule has 0 aliphatic carbocycles. The Balaban J connectivity index is 1.87. The van der Waals surface area contributed by atoms with E-state index in [9.17, 15) is 10.2 Å². The molecule has 0 bridgehead atoms. The van der Waals surface area contributed by atoms with Gasteiger partial charge in [0.05, 0.1) is 13.2 Å². The van der Waals surface area contributed by atoms with Crippen molar-refractivity contribution in [3.05, 3.63) is 59.2 Å². The van der Waals surface area contributed by atoms with Crippen molar-refractivity contribution in [1.82, 2.24) is 0 Å². The first kappa shape index (κ1) is 18.3. The standard InChI is InChI=1S/C20H26O4/c1-3-15(2)16-7-9-19(10-8-16)23-11-12-24-20-17(13-21)5-4-6-18(20)14-22/h4-10,15,21-22H,3,11-14H2,1-2H3. The molecule has 0 aliphatic rings. The van der Waals surface area contributed by atoms with E-state index in [0.29, 0.717) is 36.0 Å². The zero-order chi connectivity index (χ0) is 17.4. The second-order valence-electron chi connectivity index (χ2n) is 5.80. The Morgan fingerprint density at radius 2 is 1.46 bits per heavy atom. The molecule has 1 unspecified atom stereocenters. The van der Waals surface area contributed by atoms with Crippen LogP contribution in [0.1, 0.15) is 42.9 Å². The molecular formula is C20H26O4. The Morgan fingerprint density at radius 1 is 0.875 bits per heavy atom. The molecular weight excluding hydrogens is 304 g/mol. The smallest absolute Gasteiger partial charge is 0.130 e. The summed E-state index contributed by atoms with van der Waals surface area (Å²) in [7, 11) is 0. The van der Waals surface area contributed by atoms with E-state index in [2.05, 4.69) is 26.0 Å². The molecule has 4 heteroatoms. The Labute approximate surface area is 143 Å². The summed E-state index contributed by atoms with van der Waals surface area (Å²) in [6.07, 6.45) is 1.12. The average Bonchev–Trinajstić information content (AvgIpc) is 2.64. The maximum absolute atomic E-state index is 9.37. The minimum absolute atomic E-state index is 0.124. The summed E-state index contributed by atoms with van der Waals surface area (Å²) < 4.78 is 11.4. The van der Waals surface area contributed by atoms with E-state index < -0.39 is 0 Å². The minimum Gasteiger partial charge on any atom is -0.490 e. The lowest BCUT2D eigenvalue weighted by molar-refractivity contribution is 0.202. The number of ether oxygens (including phenoxy) is 2. The lowest BCUT2D eigenvalue weighted by atomic mass is 9.99. The second-order valence-corrected chi connectivity index (χ2v) is 5.80. The van der Waals surface area contributed by atoms with Gasteiger partial charge in [-0.3, -0.25) is 0 Å². The van der Waals surface area contributed by atoms with Crippen LogP contribution in [-0.2, 0) is 13.2 Å². The first-order valence-corrected chi connectivity index (χ1v) is 8.37. The number of hydrogen-bond acceptors (Lipinski definition) is 4. The molecule has 0 spiro atoms. The lowest BCUT2D eigenvalue weighted by Gasteiger charge is -2.14. The number of para-hydroxylation sites is 1. The third-order valence-electron chi connectivity index (χ3n) is 4.18. The SMILES string of the molecule is CCC(C)c1ccc(OCCOc2c(CO)cccc2CO)cc1. The number of benzene rings is 2. The van der Waals surface area contributed by atoms with Gasteiger partial charge in [0.2, 0.25) is 0 Å². The molecule has 0 radical (unpaired) electrons. The van der Waals surface area contributed by atoms with Gasteiger partial charge in [0.25, 0.3) is 0 Å². The highest BCUT2D eigenvalue weighted by Gasteiger charge is 2.09. The van der Waals surface area contributed by atoms with Gasteiger partial charge in [-0.15, -0.1) is 0 Å². The van der Waals surface area contributed by atoms with E-state index in [1.54, 1.807) is 18.2 Å². The highest BCUT2D eigenvalue weighted by Crippen LogP contribution is 2.25. The fourth-order valence-electron chi connectivity index (χ4n) is 2.50. The van der Waals surface area contributed by atoms with Crippen LogP contribution in [0.5, 0.6) is 11.5 Å². The van der Waals surface area contributed by atoms with Crippen molar-refractivity contribution in [3.63, 3.8) is 0 Å². The molecule has 0 aliphatic heterocycles. The predicted octanol–water partition coefficient (Wildman–Crippen LogP) is 3.64. The van der Waals surface area contributed by atoms with E-state index in [-0.39, 0.29) is 13.2 Å². The van der Waals surface area contributed by atoms with Crippen LogP contribution in [0, 0.1) is 0 Å². The van der Waals surface area contributed by atoms with Gasteiger partial charge in [-0.25, -0.2) is 0 Å². The number of aliphatic hydroxyl groups is 2. The van der Waals surface area contributed by atoms with Gasteiger partial charge in [-0.05, 0) is 30.0 Å². The fraction of sp³-hybridized carbons (Fsp3) is 0.400. The van der Waals surface area contributed by atoms with E-state index in [0.717, 1.165) is 12.2 Å². The molecule has 24 heavy (non-hydrogen) atoms. The summed E-state index contributed by atoms with van der Waals surface area (Å²) in [5, 5.41) is 18.7. The molecule has 0 saturated heterocycles. The van der Waals surface area contributed by atoms with E-state index in [4.69, 9.17) is 9.47 Å². The van der Waals surface area contributed by atoms with Crippen LogP contribution in [0.25, 0.3) is 0 Å². The van der Waals surface area contributed by atoms with Crippen molar-refractivity contribution in [3.8, 4) is 11.5 Å². The van der Waals surface area contributed by atoms with Gasteiger partial charge in [-0.2, -0.15) is 0 Å². The molecule has 0 aromatic heterocycles. The van der Waals surface area contributed by atoms with Crippen LogP contribution < -0.4 is 9.47 Å². The van der Waals surface area contributed by atoms with Crippen molar-refractivity contribution < 1.29 is 19.7 Å². The molecule has 0 heterocycles. The fourth-order valence-corrected chi connectivity index (χ4v) is 2.50. The molecule has 2 aromatic rings. The lowest BCUT2D eigenvalue weighted by Crippen LogP contribution is -2.11. The molecule has 0 fully saturated rings. The Bertz CT molecular complexity index is 600. The molecule has 0 amide bonds. The van der Waals surface area contributed by atoms with Gasteiger partial charge >= 0.3 is 0 Å². The molecule has 130 valence electrons. The summed E-state index contributed by atoms with van der Waals surface area (Å²) >= 11 is 0. The zero-order valence-corrected chi connectivity index (χ0v) is 14.4. The third kappa shape index (κ3) is 4.73. The van der Waals surface area contributed by atoms with Gasteiger partial charge in [-0.1, -0.05) is 44.2 Å². The van der Waals surface area contributed by atoms with Crippen molar-refractivity contribution in [1.29, 1.82) is 0 Å². The average molecular weight is 330 g/mol.